The summed E-state index contributed by atoms with van der Waals surface area (Å²) in [7, 11) is 0. The largest absolute Gasteiger partial charge is 0.435 e. The van der Waals surface area contributed by atoms with Crippen LogP contribution in [0.5, 0.6) is 5.75 Å². The van der Waals surface area contributed by atoms with Gasteiger partial charge in [-0.15, -0.1) is 0 Å². The summed E-state index contributed by atoms with van der Waals surface area (Å²) in [6.07, 6.45) is 0. The molecule has 0 amide bonds. The van der Waals surface area contributed by atoms with Crippen molar-refractivity contribution in [1.82, 2.24) is 0 Å². The van der Waals surface area contributed by atoms with Gasteiger partial charge >= 0.3 is 0 Å². The van der Waals surface area contributed by atoms with Gasteiger partial charge in [-0.1, -0.05) is 18.2 Å². The second kappa shape index (κ2) is 3.22. The molecule has 2 heteroatoms. The lowest BCUT2D eigenvalue weighted by molar-refractivity contribution is -0.707. The van der Waals surface area contributed by atoms with E-state index in [4.69, 9.17) is 4.74 Å². The molecule has 1 aromatic heterocycles. The zero-order valence-electron chi connectivity index (χ0n) is 10.5. The lowest BCUT2D eigenvalue weighted by atomic mass is 10.0. The van der Waals surface area contributed by atoms with Crippen molar-refractivity contribution in [3.8, 4) is 5.75 Å². The Morgan fingerprint density at radius 3 is 2.56 bits per heavy atom. The Kier molecular flexibility index (Phi) is 1.77. The van der Waals surface area contributed by atoms with Gasteiger partial charge in [0.15, 0.2) is 5.69 Å². The Labute approximate surface area is 105 Å². The topological polar surface area (TPSA) is 13.1 Å². The molecule has 88 valence electrons. The molecule has 0 aliphatic carbocycles. The summed E-state index contributed by atoms with van der Waals surface area (Å²) in [5, 5.41) is 3.79. The zero-order chi connectivity index (χ0) is 12.3. The first-order valence-corrected chi connectivity index (χ1v) is 6.24. The van der Waals surface area contributed by atoms with Gasteiger partial charge < -0.3 is 4.74 Å². The van der Waals surface area contributed by atoms with Gasteiger partial charge in [0.1, 0.15) is 5.75 Å². The Hall–Kier alpha value is -2.09. The Bertz CT molecular complexity index is 736. The Balaban J connectivity index is 2.38. The average molecular weight is 236 g/mol. The van der Waals surface area contributed by atoms with E-state index in [-0.39, 0.29) is 0 Å². The van der Waals surface area contributed by atoms with Gasteiger partial charge in [0.25, 0.3) is 6.73 Å². The van der Waals surface area contributed by atoms with E-state index < -0.39 is 0 Å². The molecule has 0 saturated carbocycles. The lowest BCUT2D eigenvalue weighted by Crippen LogP contribution is -2.42. The molecule has 1 aliphatic rings. The van der Waals surface area contributed by atoms with Gasteiger partial charge in [-0.2, -0.15) is 4.57 Å². The number of hydrogen-bond acceptors (Lipinski definition) is 1. The predicted molar refractivity (Wildman–Crippen MR) is 71.8 cm³/mol. The van der Waals surface area contributed by atoms with Crippen LogP contribution in [0.3, 0.4) is 0 Å². The summed E-state index contributed by atoms with van der Waals surface area (Å²) < 4.78 is 8.21. The third kappa shape index (κ3) is 1.10. The van der Waals surface area contributed by atoms with Crippen molar-refractivity contribution in [2.45, 2.75) is 20.6 Å². The van der Waals surface area contributed by atoms with Gasteiger partial charge in [0.05, 0.1) is 5.39 Å². The van der Waals surface area contributed by atoms with Crippen LogP contribution in [0.15, 0.2) is 36.4 Å². The number of aromatic nitrogens is 1. The molecule has 2 heterocycles. The minimum atomic E-state index is 0.611. The summed E-state index contributed by atoms with van der Waals surface area (Å²) >= 11 is 0. The lowest BCUT2D eigenvalue weighted by Gasteiger charge is -2.17. The molecule has 0 fully saturated rings. The van der Waals surface area contributed by atoms with Gasteiger partial charge in [-0.25, -0.2) is 0 Å². The third-order valence-electron chi connectivity index (χ3n) is 3.88. The summed E-state index contributed by atoms with van der Waals surface area (Å²) in [5.41, 5.74) is 3.75. The molecule has 0 N–H and O–H groups in total. The van der Waals surface area contributed by atoms with Crippen LogP contribution in [0, 0.1) is 13.8 Å². The molecule has 0 atom stereocenters. The van der Waals surface area contributed by atoms with E-state index in [0.717, 1.165) is 5.75 Å². The second-order valence-corrected chi connectivity index (χ2v) is 4.99. The number of hydrogen-bond donors (Lipinski definition) is 0. The molecule has 2 nitrogen and oxygen atoms in total. The highest BCUT2D eigenvalue weighted by Crippen LogP contribution is 2.36. The number of benzene rings is 2. The number of rotatable bonds is 0. The van der Waals surface area contributed by atoms with Crippen LogP contribution < -0.4 is 9.30 Å². The first-order valence-electron chi connectivity index (χ1n) is 6.24. The van der Waals surface area contributed by atoms with Crippen molar-refractivity contribution in [2.24, 2.45) is 0 Å². The van der Waals surface area contributed by atoms with Crippen LogP contribution in [0.2, 0.25) is 0 Å². The molecule has 0 saturated heterocycles. The average Bonchev–Trinajstić information content (AvgIpc) is 2.40. The molecule has 4 rings (SSSR count). The maximum absolute atomic E-state index is 5.96. The standard InChI is InChI=1S/C16H14NO/c1-10-3-5-12-7-8-13-6-4-11(2)17-9-18-16(10)14(12)15(13)17/h3-8H,9H2,1-2H3/q+1. The zero-order valence-corrected chi connectivity index (χ0v) is 10.5. The van der Waals surface area contributed by atoms with E-state index in [2.05, 4.69) is 54.8 Å². The van der Waals surface area contributed by atoms with Crippen LogP contribution in [-0.2, 0) is 6.73 Å². The van der Waals surface area contributed by atoms with E-state index in [0.29, 0.717) is 6.73 Å². The van der Waals surface area contributed by atoms with Crippen molar-refractivity contribution < 1.29 is 9.30 Å². The van der Waals surface area contributed by atoms with Crippen LogP contribution in [-0.4, -0.2) is 0 Å². The van der Waals surface area contributed by atoms with Crippen LogP contribution in [0.4, 0.5) is 0 Å². The minimum Gasteiger partial charge on any atom is -0.435 e. The summed E-state index contributed by atoms with van der Waals surface area (Å²) in [6.45, 7) is 4.85. The van der Waals surface area contributed by atoms with E-state index in [1.165, 1.54) is 32.9 Å². The highest BCUT2D eigenvalue weighted by atomic mass is 16.5. The molecule has 0 bridgehead atoms. The Morgan fingerprint density at radius 1 is 0.944 bits per heavy atom. The van der Waals surface area contributed by atoms with E-state index >= 15 is 0 Å². The van der Waals surface area contributed by atoms with Gasteiger partial charge in [0.2, 0.25) is 5.52 Å². The van der Waals surface area contributed by atoms with E-state index in [9.17, 15) is 0 Å². The van der Waals surface area contributed by atoms with Crippen molar-refractivity contribution >= 4 is 21.7 Å². The molecular formula is C16H14NO+. The molecule has 0 radical (unpaired) electrons. The quantitative estimate of drug-likeness (QED) is 0.431. The SMILES string of the molecule is Cc1ccc2ccc3ccc(C)[n+]4c3c2c1OC4. The predicted octanol–water partition coefficient (Wildman–Crippen LogP) is 3.25. The summed E-state index contributed by atoms with van der Waals surface area (Å²) in [4.78, 5) is 0. The van der Waals surface area contributed by atoms with Crippen molar-refractivity contribution in [3.63, 3.8) is 0 Å². The highest BCUT2D eigenvalue weighted by molar-refractivity contribution is 6.07. The van der Waals surface area contributed by atoms with E-state index in [1.807, 2.05) is 0 Å². The van der Waals surface area contributed by atoms with Gasteiger partial charge in [-0.05, 0) is 30.0 Å². The third-order valence-corrected chi connectivity index (χ3v) is 3.88. The normalized spacial score (nSPS) is 13.2. The molecule has 0 spiro atoms. The fourth-order valence-corrected chi connectivity index (χ4v) is 2.87. The highest BCUT2D eigenvalue weighted by Gasteiger charge is 2.24. The molecule has 3 aromatic rings. The molecule has 1 aliphatic heterocycles. The molecular weight excluding hydrogens is 222 g/mol. The second-order valence-electron chi connectivity index (χ2n) is 4.99. The minimum absolute atomic E-state index is 0.611. The van der Waals surface area contributed by atoms with Crippen molar-refractivity contribution in [2.75, 3.05) is 0 Å². The van der Waals surface area contributed by atoms with Crippen LogP contribution in [0.25, 0.3) is 21.7 Å². The molecule has 2 aromatic carbocycles. The monoisotopic (exact) mass is 236 g/mol. The summed E-state index contributed by atoms with van der Waals surface area (Å²) in [5.74, 6) is 1.05. The number of ether oxygens (including phenoxy) is 1. The van der Waals surface area contributed by atoms with Crippen molar-refractivity contribution in [3.05, 3.63) is 47.7 Å². The van der Waals surface area contributed by atoms with E-state index in [1.54, 1.807) is 0 Å². The maximum Gasteiger partial charge on any atom is 0.292 e. The maximum atomic E-state index is 5.96. The first-order chi connectivity index (χ1) is 8.75. The van der Waals surface area contributed by atoms with Crippen LogP contribution in [0.1, 0.15) is 11.3 Å². The number of aryl methyl sites for hydroxylation is 2. The molecule has 0 unspecified atom stereocenters. The smallest absolute Gasteiger partial charge is 0.292 e. The summed E-state index contributed by atoms with van der Waals surface area (Å²) in [6, 6.07) is 13.0. The number of pyridine rings is 1. The van der Waals surface area contributed by atoms with Crippen molar-refractivity contribution in [1.29, 1.82) is 0 Å². The first kappa shape index (κ1) is 9.89. The van der Waals surface area contributed by atoms with Crippen LogP contribution >= 0.6 is 0 Å². The van der Waals surface area contributed by atoms with Gasteiger partial charge in [-0.3, -0.25) is 0 Å². The fourth-order valence-electron chi connectivity index (χ4n) is 2.87. The number of nitrogens with zero attached hydrogens (tertiary/aromatic N) is 1. The van der Waals surface area contributed by atoms with Gasteiger partial charge in [0, 0.05) is 18.4 Å². The Morgan fingerprint density at radius 2 is 1.67 bits per heavy atom. The fraction of sp³-hybridized carbons (Fsp3) is 0.188. The molecule has 18 heavy (non-hydrogen) atoms.